The second-order valence-electron chi connectivity index (χ2n) is 8.02. The number of fused-ring (bicyclic) bond motifs is 1. The van der Waals surface area contributed by atoms with Crippen molar-refractivity contribution in [1.82, 2.24) is 0 Å². The van der Waals surface area contributed by atoms with E-state index in [0.717, 1.165) is 6.07 Å². The topological polar surface area (TPSA) is 140 Å². The average molecular weight is 596 g/mol. The number of amides is 1. The number of carbonyl (C=O) groups is 1. The molecule has 0 aliphatic rings. The maximum Gasteiger partial charge on any atom is 1.00 e. The van der Waals surface area contributed by atoms with Crippen molar-refractivity contribution >= 4 is 67.1 Å². The molecule has 39 heavy (non-hydrogen) atoms. The van der Waals surface area contributed by atoms with E-state index in [-0.39, 0.29) is 72.7 Å². The fourth-order valence-electron chi connectivity index (χ4n) is 3.77. The van der Waals surface area contributed by atoms with Crippen LogP contribution in [0.4, 0.5) is 17.1 Å². The van der Waals surface area contributed by atoms with Crippen LogP contribution in [0.1, 0.15) is 22.8 Å². The van der Waals surface area contributed by atoms with Gasteiger partial charge in [-0.15, -0.1) is 5.11 Å². The Bertz CT molecular complexity index is 1710. The largest absolute Gasteiger partial charge is 1.00 e. The van der Waals surface area contributed by atoms with Crippen LogP contribution < -0.4 is 44.7 Å². The Morgan fingerprint density at radius 1 is 1.08 bits per heavy atom. The first-order valence-electron chi connectivity index (χ1n) is 11.2. The molecule has 0 aliphatic carbocycles. The van der Waals surface area contributed by atoms with Crippen molar-refractivity contribution in [2.45, 2.75) is 18.7 Å². The van der Waals surface area contributed by atoms with E-state index in [1.165, 1.54) is 19.1 Å². The fourth-order valence-corrected chi connectivity index (χ4v) is 4.97. The van der Waals surface area contributed by atoms with Gasteiger partial charge in [-0.2, -0.15) is 13.5 Å². The van der Waals surface area contributed by atoms with E-state index in [1.54, 1.807) is 49.4 Å². The Balaban J connectivity index is 0.00000420. The predicted molar refractivity (Wildman–Crippen MR) is 144 cm³/mol. The predicted octanol–water partition coefficient (Wildman–Crippen LogP) is 3.85. The average Bonchev–Trinajstić information content (AvgIpc) is 2.87. The van der Waals surface area contributed by atoms with Crippen LogP contribution in [0.5, 0.6) is 11.5 Å². The van der Waals surface area contributed by atoms with Crippen LogP contribution in [0.15, 0.2) is 75.8 Å². The summed E-state index contributed by atoms with van der Waals surface area (Å²) in [6.45, 7) is 3.52. The number of benzene rings is 4. The molecule has 0 spiro atoms. The monoisotopic (exact) mass is 595 g/mol. The van der Waals surface area contributed by atoms with Gasteiger partial charge in [0, 0.05) is 10.9 Å². The summed E-state index contributed by atoms with van der Waals surface area (Å²) in [6, 6.07) is 15.5. The van der Waals surface area contributed by atoms with Gasteiger partial charge in [-0.25, -0.2) is 0 Å². The molecule has 0 aromatic heterocycles. The second kappa shape index (κ2) is 12.6. The maximum absolute atomic E-state index is 13.4. The molecule has 2 N–H and O–H groups in total. The van der Waals surface area contributed by atoms with Crippen LogP contribution in [-0.2, 0) is 10.1 Å². The van der Waals surface area contributed by atoms with Crippen LogP contribution in [0.2, 0.25) is 10.0 Å². The van der Waals surface area contributed by atoms with Gasteiger partial charge in [-0.3, -0.25) is 9.35 Å². The SMILES string of the molecule is CCOc1cccc(Cl)c1NC(=O)c1cc2ccccc2c(N=Nc2ccc(S(=O)(=O)O)c(C)c2Cl)c1[O-].[Na+]. The van der Waals surface area contributed by atoms with E-state index in [1.807, 2.05) is 0 Å². The Kier molecular flexibility index (Phi) is 10.0. The molecule has 0 radical (unpaired) electrons. The van der Waals surface area contributed by atoms with Gasteiger partial charge in [0.2, 0.25) is 0 Å². The van der Waals surface area contributed by atoms with Gasteiger partial charge >= 0.3 is 29.6 Å². The van der Waals surface area contributed by atoms with Gasteiger partial charge < -0.3 is 15.2 Å². The first kappa shape index (κ1) is 30.8. The van der Waals surface area contributed by atoms with Gasteiger partial charge in [0.1, 0.15) is 17.1 Å². The molecule has 0 saturated carbocycles. The first-order chi connectivity index (χ1) is 18.0. The Morgan fingerprint density at radius 3 is 2.49 bits per heavy atom. The number of nitrogens with one attached hydrogen (secondary N) is 1. The number of carbonyl (C=O) groups excluding carboxylic acids is 1. The first-order valence-corrected chi connectivity index (χ1v) is 13.4. The smallest absolute Gasteiger partial charge is 0.870 e. The van der Waals surface area contributed by atoms with Gasteiger partial charge in [0.15, 0.2) is 0 Å². The zero-order valence-corrected chi connectivity index (χ0v) is 25.4. The van der Waals surface area contributed by atoms with Gasteiger partial charge in [0.25, 0.3) is 16.0 Å². The van der Waals surface area contributed by atoms with Crippen molar-refractivity contribution in [2.24, 2.45) is 10.2 Å². The minimum Gasteiger partial charge on any atom is -0.870 e. The number of hydrogen-bond donors (Lipinski definition) is 2. The zero-order chi connectivity index (χ0) is 27.6. The van der Waals surface area contributed by atoms with Crippen LogP contribution in [0.3, 0.4) is 0 Å². The van der Waals surface area contributed by atoms with E-state index in [0.29, 0.717) is 23.1 Å². The molecule has 0 saturated heterocycles. The molecule has 0 aliphatic heterocycles. The van der Waals surface area contributed by atoms with Crippen LogP contribution >= 0.6 is 23.2 Å². The molecule has 0 unspecified atom stereocenters. The molecular formula is C26H20Cl2N3NaO6S. The van der Waals surface area contributed by atoms with Gasteiger partial charge in [-0.05, 0) is 55.1 Å². The maximum atomic E-state index is 13.4. The van der Waals surface area contributed by atoms with Crippen molar-refractivity contribution in [2.75, 3.05) is 11.9 Å². The van der Waals surface area contributed by atoms with Crippen LogP contribution in [0.25, 0.3) is 10.8 Å². The van der Waals surface area contributed by atoms with Crippen molar-refractivity contribution < 1.29 is 57.2 Å². The molecular weight excluding hydrogens is 576 g/mol. The summed E-state index contributed by atoms with van der Waals surface area (Å²) in [5.41, 5.74) is 0.0232. The molecule has 0 atom stereocenters. The number of ether oxygens (including phenoxy) is 1. The zero-order valence-electron chi connectivity index (χ0n) is 21.0. The molecule has 0 fully saturated rings. The number of para-hydroxylation sites is 1. The number of hydrogen-bond acceptors (Lipinski definition) is 7. The minimum atomic E-state index is -4.50. The third-order valence-corrected chi connectivity index (χ3v) is 7.38. The van der Waals surface area contributed by atoms with Crippen molar-refractivity contribution in [3.63, 3.8) is 0 Å². The number of halogens is 2. The summed E-state index contributed by atoms with van der Waals surface area (Å²) >= 11 is 12.5. The third-order valence-electron chi connectivity index (χ3n) is 5.59. The Labute approximate surface area is 256 Å². The molecule has 0 heterocycles. The third kappa shape index (κ3) is 6.55. The summed E-state index contributed by atoms with van der Waals surface area (Å²) in [5, 5.41) is 25.4. The van der Waals surface area contributed by atoms with Crippen molar-refractivity contribution in [1.29, 1.82) is 0 Å². The molecule has 196 valence electrons. The number of anilines is 1. The van der Waals surface area contributed by atoms with E-state index in [4.69, 9.17) is 27.9 Å². The number of nitrogens with zero attached hydrogens (tertiary/aromatic N) is 2. The summed E-state index contributed by atoms with van der Waals surface area (Å²) in [6.07, 6.45) is 0. The van der Waals surface area contributed by atoms with Gasteiger partial charge in [0.05, 0.1) is 27.2 Å². The second-order valence-corrected chi connectivity index (χ2v) is 10.2. The normalized spacial score (nSPS) is 11.4. The molecule has 0 bridgehead atoms. The molecule has 4 aromatic carbocycles. The molecule has 4 rings (SSSR count). The van der Waals surface area contributed by atoms with Crippen molar-refractivity contribution in [3.05, 3.63) is 81.8 Å². The summed E-state index contributed by atoms with van der Waals surface area (Å²) in [5.74, 6) is -1.07. The summed E-state index contributed by atoms with van der Waals surface area (Å²) in [7, 11) is -4.50. The Morgan fingerprint density at radius 2 is 1.79 bits per heavy atom. The van der Waals surface area contributed by atoms with Gasteiger partial charge in [-0.1, -0.05) is 59.3 Å². The molecule has 9 nitrogen and oxygen atoms in total. The van der Waals surface area contributed by atoms with E-state index >= 15 is 0 Å². The molecule has 4 aromatic rings. The number of rotatable bonds is 7. The quantitative estimate of drug-likeness (QED) is 0.189. The van der Waals surface area contributed by atoms with E-state index in [9.17, 15) is 22.9 Å². The summed E-state index contributed by atoms with van der Waals surface area (Å²) in [4.78, 5) is 12.9. The summed E-state index contributed by atoms with van der Waals surface area (Å²) < 4.78 is 38.0. The van der Waals surface area contributed by atoms with E-state index in [2.05, 4.69) is 15.5 Å². The van der Waals surface area contributed by atoms with Crippen LogP contribution in [0, 0.1) is 6.92 Å². The minimum absolute atomic E-state index is 0. The Hall–Kier alpha value is -2.70. The standard InChI is InChI=1S/C26H21Cl2N3O6S.Na/c1-3-37-20-10-6-9-18(27)24(20)29-26(33)17-13-15-7-4-5-8-16(15)23(25(17)32)31-30-19-11-12-21(38(34,35)36)14(2)22(19)28;/h4-13,32H,3H2,1-2H3,(H,29,33)(H,34,35,36);/q;+1/p-1. The number of azo groups is 1. The molecule has 1 amide bonds. The van der Waals surface area contributed by atoms with Crippen LogP contribution in [-0.4, -0.2) is 25.5 Å². The fraction of sp³-hybridized carbons (Fsp3) is 0.115. The van der Waals surface area contributed by atoms with Crippen molar-refractivity contribution in [3.8, 4) is 11.5 Å². The molecule has 13 heteroatoms. The van der Waals surface area contributed by atoms with E-state index < -0.39 is 21.8 Å².